The van der Waals surface area contributed by atoms with Gasteiger partial charge in [-0.05, 0) is 26.3 Å². The van der Waals surface area contributed by atoms with Crippen LogP contribution in [-0.4, -0.2) is 43.8 Å². The summed E-state index contributed by atoms with van der Waals surface area (Å²) in [5, 5.41) is 2.80. The normalized spacial score (nSPS) is 12.5. The molecule has 1 unspecified atom stereocenters. The van der Waals surface area contributed by atoms with Crippen LogP contribution in [-0.2, 0) is 30.4 Å². The molecule has 0 saturated carbocycles. The summed E-state index contributed by atoms with van der Waals surface area (Å²) in [6.07, 6.45) is 0. The number of rotatable bonds is 8. The molecule has 6 nitrogen and oxygen atoms in total. The Kier molecular flexibility index (Phi) is 7.71. The van der Waals surface area contributed by atoms with E-state index in [2.05, 4.69) is 5.32 Å². The third-order valence-corrected chi connectivity index (χ3v) is 2.79. The van der Waals surface area contributed by atoms with Crippen LogP contribution in [0, 0.1) is 0 Å². The van der Waals surface area contributed by atoms with Crippen LogP contribution in [0.15, 0.2) is 30.3 Å². The molecule has 0 saturated heterocycles. The fraction of sp³-hybridized carbons (Fsp3) is 0.529. The Labute approximate surface area is 137 Å². The first-order valence-electron chi connectivity index (χ1n) is 7.46. The number of carbonyl (C=O) groups is 2. The molecule has 23 heavy (non-hydrogen) atoms. The van der Waals surface area contributed by atoms with E-state index in [1.54, 1.807) is 20.8 Å². The van der Waals surface area contributed by atoms with Crippen molar-refractivity contribution in [2.75, 3.05) is 20.3 Å². The minimum Gasteiger partial charge on any atom is -0.468 e. The summed E-state index contributed by atoms with van der Waals surface area (Å²) in [5.41, 5.74) is 0.437. The van der Waals surface area contributed by atoms with Gasteiger partial charge in [0.05, 0.1) is 26.9 Å². The van der Waals surface area contributed by atoms with E-state index in [9.17, 15) is 9.59 Å². The van der Waals surface area contributed by atoms with Gasteiger partial charge in [-0.1, -0.05) is 30.3 Å². The van der Waals surface area contributed by atoms with E-state index < -0.39 is 23.6 Å². The number of ether oxygens (including phenoxy) is 3. The summed E-state index contributed by atoms with van der Waals surface area (Å²) in [7, 11) is 1.29. The highest BCUT2D eigenvalue weighted by Crippen LogP contribution is 2.06. The summed E-state index contributed by atoms with van der Waals surface area (Å²) in [6, 6.07) is 8.89. The summed E-state index contributed by atoms with van der Waals surface area (Å²) >= 11 is 0. The van der Waals surface area contributed by atoms with Gasteiger partial charge >= 0.3 is 11.9 Å². The van der Waals surface area contributed by atoms with Crippen molar-refractivity contribution in [3.63, 3.8) is 0 Å². The molecule has 0 fully saturated rings. The highest BCUT2D eigenvalue weighted by atomic mass is 16.6. The molecule has 0 radical (unpaired) electrons. The van der Waals surface area contributed by atoms with E-state index in [-0.39, 0.29) is 13.2 Å². The molecular weight excluding hydrogens is 298 g/mol. The van der Waals surface area contributed by atoms with Gasteiger partial charge in [0.15, 0.2) is 0 Å². The maximum absolute atomic E-state index is 11.7. The lowest BCUT2D eigenvalue weighted by molar-refractivity contribution is -0.154. The first-order chi connectivity index (χ1) is 10.8. The molecule has 0 aliphatic heterocycles. The molecule has 1 N–H and O–H groups in total. The monoisotopic (exact) mass is 323 g/mol. The van der Waals surface area contributed by atoms with Gasteiger partial charge in [-0.2, -0.15) is 0 Å². The van der Waals surface area contributed by atoms with Gasteiger partial charge in [-0.25, -0.2) is 0 Å². The zero-order valence-corrected chi connectivity index (χ0v) is 14.1. The van der Waals surface area contributed by atoms with Crippen molar-refractivity contribution in [1.29, 1.82) is 0 Å². The van der Waals surface area contributed by atoms with Crippen molar-refractivity contribution in [3.8, 4) is 0 Å². The maximum atomic E-state index is 11.7. The van der Waals surface area contributed by atoms with E-state index >= 15 is 0 Å². The second-order valence-corrected chi connectivity index (χ2v) is 6.04. The lowest BCUT2D eigenvalue weighted by Gasteiger charge is -2.21. The lowest BCUT2D eigenvalue weighted by Crippen LogP contribution is -2.44. The Balaban J connectivity index is 2.43. The Hall–Kier alpha value is -1.92. The van der Waals surface area contributed by atoms with E-state index in [0.717, 1.165) is 5.56 Å². The number of nitrogens with one attached hydrogen (secondary N) is 1. The van der Waals surface area contributed by atoms with Crippen LogP contribution in [0.25, 0.3) is 0 Å². The SMILES string of the molecule is COC(=O)C(COCc1ccccc1)NCC(=O)OC(C)(C)C. The van der Waals surface area contributed by atoms with Crippen LogP contribution in [0.3, 0.4) is 0 Å². The summed E-state index contributed by atoms with van der Waals surface area (Å²) in [6.45, 7) is 5.74. The number of carbonyl (C=O) groups excluding carboxylic acids is 2. The van der Waals surface area contributed by atoms with Gasteiger partial charge in [0.1, 0.15) is 11.6 Å². The first kappa shape index (κ1) is 19.1. The van der Waals surface area contributed by atoms with Gasteiger partial charge in [0, 0.05) is 0 Å². The Morgan fingerprint density at radius 3 is 2.39 bits per heavy atom. The molecular formula is C17H25NO5. The van der Waals surface area contributed by atoms with Gasteiger partial charge in [-0.15, -0.1) is 0 Å². The Morgan fingerprint density at radius 1 is 1.17 bits per heavy atom. The molecule has 0 heterocycles. The third kappa shape index (κ3) is 8.32. The van der Waals surface area contributed by atoms with Gasteiger partial charge in [0.2, 0.25) is 0 Å². The molecule has 6 heteroatoms. The molecule has 0 aliphatic carbocycles. The van der Waals surface area contributed by atoms with Crippen molar-refractivity contribution in [1.82, 2.24) is 5.32 Å². The molecule has 0 amide bonds. The summed E-state index contributed by atoms with van der Waals surface area (Å²) in [4.78, 5) is 23.4. The smallest absolute Gasteiger partial charge is 0.325 e. The molecule has 1 rings (SSSR count). The molecule has 128 valence electrons. The average Bonchev–Trinajstić information content (AvgIpc) is 2.49. The summed E-state index contributed by atoms with van der Waals surface area (Å²) in [5.74, 6) is -0.920. The number of methoxy groups -OCH3 is 1. The number of hydrogen-bond acceptors (Lipinski definition) is 6. The molecule has 0 spiro atoms. The first-order valence-corrected chi connectivity index (χ1v) is 7.46. The highest BCUT2D eigenvalue weighted by Gasteiger charge is 2.22. The lowest BCUT2D eigenvalue weighted by atomic mass is 10.2. The molecule has 0 aromatic heterocycles. The predicted molar refractivity (Wildman–Crippen MR) is 85.7 cm³/mol. The van der Waals surface area contributed by atoms with Crippen molar-refractivity contribution >= 4 is 11.9 Å². The standard InChI is InChI=1S/C17H25NO5/c1-17(2,3)23-15(19)10-18-14(16(20)21-4)12-22-11-13-8-6-5-7-9-13/h5-9,14,18H,10-12H2,1-4H3. The van der Waals surface area contributed by atoms with Crippen molar-refractivity contribution < 1.29 is 23.8 Å². The van der Waals surface area contributed by atoms with E-state index in [1.165, 1.54) is 7.11 Å². The maximum Gasteiger partial charge on any atom is 0.325 e. The van der Waals surface area contributed by atoms with Crippen molar-refractivity contribution in [2.24, 2.45) is 0 Å². The van der Waals surface area contributed by atoms with Crippen LogP contribution in [0.1, 0.15) is 26.3 Å². The third-order valence-electron chi connectivity index (χ3n) is 2.79. The Bertz CT molecular complexity index is 495. The fourth-order valence-electron chi connectivity index (χ4n) is 1.81. The van der Waals surface area contributed by atoms with E-state index in [0.29, 0.717) is 6.61 Å². The largest absolute Gasteiger partial charge is 0.468 e. The number of hydrogen-bond donors (Lipinski definition) is 1. The summed E-state index contributed by atoms with van der Waals surface area (Å²) < 4.78 is 15.4. The average molecular weight is 323 g/mol. The van der Waals surface area contributed by atoms with Gasteiger partial charge < -0.3 is 14.2 Å². The van der Waals surface area contributed by atoms with E-state index in [1.807, 2.05) is 30.3 Å². The number of benzene rings is 1. The van der Waals surface area contributed by atoms with Crippen molar-refractivity contribution in [3.05, 3.63) is 35.9 Å². The van der Waals surface area contributed by atoms with Crippen LogP contribution in [0.2, 0.25) is 0 Å². The minimum atomic E-state index is -0.726. The zero-order chi connectivity index (χ0) is 17.3. The molecule has 1 aromatic carbocycles. The topological polar surface area (TPSA) is 73.9 Å². The minimum absolute atomic E-state index is 0.0915. The Morgan fingerprint density at radius 2 is 1.83 bits per heavy atom. The second-order valence-electron chi connectivity index (χ2n) is 6.04. The zero-order valence-electron chi connectivity index (χ0n) is 14.1. The quantitative estimate of drug-likeness (QED) is 0.734. The van der Waals surface area contributed by atoms with Gasteiger partial charge in [-0.3, -0.25) is 14.9 Å². The van der Waals surface area contributed by atoms with Crippen LogP contribution in [0.4, 0.5) is 0 Å². The fourth-order valence-corrected chi connectivity index (χ4v) is 1.81. The second kappa shape index (κ2) is 9.27. The predicted octanol–water partition coefficient (Wildman–Crippen LogP) is 1.68. The van der Waals surface area contributed by atoms with Gasteiger partial charge in [0.25, 0.3) is 0 Å². The molecule has 1 aromatic rings. The molecule has 0 bridgehead atoms. The van der Waals surface area contributed by atoms with Crippen LogP contribution < -0.4 is 5.32 Å². The molecule has 0 aliphatic rings. The van der Waals surface area contributed by atoms with Crippen LogP contribution in [0.5, 0.6) is 0 Å². The number of esters is 2. The molecule has 1 atom stereocenters. The highest BCUT2D eigenvalue weighted by molar-refractivity contribution is 5.78. The van der Waals surface area contributed by atoms with E-state index in [4.69, 9.17) is 14.2 Å². The van der Waals surface area contributed by atoms with Crippen molar-refractivity contribution in [2.45, 2.75) is 39.0 Å². The van der Waals surface area contributed by atoms with Crippen LogP contribution >= 0.6 is 0 Å².